The fourth-order valence-corrected chi connectivity index (χ4v) is 50.8. The number of carbonyl (C=O) groups is 2. The Labute approximate surface area is 250 Å². The Morgan fingerprint density at radius 1 is 0.725 bits per heavy atom. The van der Waals surface area contributed by atoms with Gasteiger partial charge in [-0.05, 0) is 0 Å². The first-order valence-corrected chi connectivity index (χ1v) is 32.5. The van der Waals surface area contributed by atoms with Crippen molar-refractivity contribution in [2.24, 2.45) is 0 Å². The van der Waals surface area contributed by atoms with Gasteiger partial charge in [-0.3, -0.25) is 0 Å². The van der Waals surface area contributed by atoms with Gasteiger partial charge >= 0.3 is 252 Å². The molecule has 0 spiro atoms. The normalized spacial score (nSPS) is 21.1. The van der Waals surface area contributed by atoms with E-state index in [1.54, 1.807) is 0 Å². The molecule has 0 radical (unpaired) electrons. The number of nitrogens with zero attached hydrogens (tertiary/aromatic N) is 2. The van der Waals surface area contributed by atoms with Crippen LogP contribution in [-0.4, -0.2) is 65.1 Å². The second kappa shape index (κ2) is 12.6. The molecule has 6 rings (SSSR count). The summed E-state index contributed by atoms with van der Waals surface area (Å²) in [5.41, 5.74) is 8.38. The van der Waals surface area contributed by atoms with Gasteiger partial charge in [0.25, 0.3) is 0 Å². The van der Waals surface area contributed by atoms with Crippen molar-refractivity contribution in [3.05, 3.63) is 82.9 Å². The number of fused-ring (bicyclic) bond motifs is 2. The van der Waals surface area contributed by atoms with E-state index in [9.17, 15) is 9.59 Å². The van der Waals surface area contributed by atoms with Gasteiger partial charge in [-0.15, -0.1) is 0 Å². The van der Waals surface area contributed by atoms with Gasteiger partial charge < -0.3 is 0 Å². The van der Waals surface area contributed by atoms with Crippen LogP contribution in [0.2, 0.25) is 0 Å². The Balaban J connectivity index is 1.50. The number of benzene rings is 2. The maximum absolute atomic E-state index is 13.0. The summed E-state index contributed by atoms with van der Waals surface area (Å²) in [6, 6.07) is 18.0. The van der Waals surface area contributed by atoms with Gasteiger partial charge in [0, 0.05) is 0 Å². The monoisotopic (exact) mass is 717 g/mol. The molecule has 2 fully saturated rings. The maximum atomic E-state index is 13.0. The standard InChI is InChI=1S/2C13H14N.2C3H7NO.In.Zr/c2*1-2-6-12-11(5-1)7-8-13(12)14-9-3-4-10-14;2*1-2-3(4)5;;/h2*1-2,5-8H,3-4,9-10H2;2*2H2,1H3,(H2,4,5);;/q;;;;+2;/p-2. The van der Waals surface area contributed by atoms with Crippen LogP contribution in [0.5, 0.6) is 0 Å². The fraction of sp³-hybridized carbons (Fsp3) is 0.438. The molecular weight excluding hydrogens is 678 g/mol. The molecule has 2 aliphatic carbocycles. The van der Waals surface area contributed by atoms with Crippen molar-refractivity contribution in [3.8, 4) is 0 Å². The Morgan fingerprint density at radius 3 is 1.52 bits per heavy atom. The number of rotatable bonds is 9. The molecule has 2 N–H and O–H groups in total. The molecule has 2 aromatic carbocycles. The first kappa shape index (κ1) is 28.3. The predicted octanol–water partition coefficient (Wildman–Crippen LogP) is 5.03. The third-order valence-electron chi connectivity index (χ3n) is 8.99. The van der Waals surface area contributed by atoms with E-state index < -0.39 is 34.3 Å². The molecule has 8 heteroatoms. The molecule has 0 bridgehead atoms. The first-order valence-electron chi connectivity index (χ1n) is 15.2. The van der Waals surface area contributed by atoms with Crippen LogP contribution in [0.1, 0.15) is 81.9 Å². The Hall–Kier alpha value is -1.79. The van der Waals surface area contributed by atoms with Crippen molar-refractivity contribution in [3.63, 3.8) is 0 Å². The third-order valence-corrected chi connectivity index (χ3v) is 48.1. The van der Waals surface area contributed by atoms with Crippen LogP contribution in [0.3, 0.4) is 0 Å². The molecule has 0 saturated carbocycles. The van der Waals surface area contributed by atoms with E-state index in [0.29, 0.717) is 20.1 Å². The van der Waals surface area contributed by atoms with Crippen molar-refractivity contribution < 1.29 is 26.6 Å². The number of carbonyl (C=O) groups excluding carboxylic acids is 2. The average molecular weight is 719 g/mol. The minimum absolute atomic E-state index is 0.0976. The molecule has 2 heterocycles. The average Bonchev–Trinajstić information content (AvgIpc) is 3.80. The van der Waals surface area contributed by atoms with Gasteiger partial charge in [0.15, 0.2) is 0 Å². The zero-order valence-electron chi connectivity index (χ0n) is 23.8. The topological polar surface area (TPSA) is 64.7 Å². The number of allylic oxidation sites excluding steroid dienone is 2. The van der Waals surface area contributed by atoms with Crippen LogP contribution in [0, 0.1) is 0 Å². The molecule has 2 aliphatic heterocycles. The van der Waals surface area contributed by atoms with E-state index >= 15 is 0 Å². The zero-order valence-corrected chi connectivity index (χ0v) is 29.5. The van der Waals surface area contributed by atoms with E-state index in [2.05, 4.69) is 77.1 Å². The molecule has 2 saturated heterocycles. The van der Waals surface area contributed by atoms with Crippen LogP contribution in [0.15, 0.2) is 60.7 Å². The zero-order chi connectivity index (χ0) is 27.6. The minimum atomic E-state index is -3.13. The van der Waals surface area contributed by atoms with Crippen molar-refractivity contribution in [1.29, 1.82) is 0 Å². The van der Waals surface area contributed by atoms with Crippen LogP contribution in [0.25, 0.3) is 11.4 Å². The van der Waals surface area contributed by atoms with Gasteiger partial charge in [-0.2, -0.15) is 0 Å². The summed E-state index contributed by atoms with van der Waals surface area (Å²) >= 11 is -5.86. The number of hydrogen-bond acceptors (Lipinski definition) is 4. The fourth-order valence-electron chi connectivity index (χ4n) is 6.98. The summed E-state index contributed by atoms with van der Waals surface area (Å²) in [6.07, 6.45) is 11.0. The Morgan fingerprint density at radius 2 is 1.12 bits per heavy atom. The number of nitrogens with one attached hydrogen (secondary N) is 2. The van der Waals surface area contributed by atoms with Crippen LogP contribution < -0.4 is 6.61 Å². The molecule has 2 aromatic rings. The Bertz CT molecular complexity index is 1230. The van der Waals surface area contributed by atoms with Gasteiger partial charge in [-0.1, -0.05) is 0 Å². The summed E-state index contributed by atoms with van der Waals surface area (Å²) in [4.78, 5) is 31.2. The van der Waals surface area contributed by atoms with Gasteiger partial charge in [0.2, 0.25) is 0 Å². The Kier molecular flexibility index (Phi) is 8.93. The van der Waals surface area contributed by atoms with Crippen molar-refractivity contribution in [1.82, 2.24) is 16.4 Å². The molecule has 6 nitrogen and oxygen atoms in total. The summed E-state index contributed by atoms with van der Waals surface area (Å²) in [6.45, 7) is 8.31. The van der Waals surface area contributed by atoms with E-state index in [1.807, 2.05) is 13.8 Å². The second-order valence-electron chi connectivity index (χ2n) is 11.4. The summed E-state index contributed by atoms with van der Waals surface area (Å²) < 4.78 is 7.77. The SMILES string of the molecule is CCC(=O)[NH][In]([NH]C(=O)CC)[Zr]([CH]1C=C(N2CCCC2)c2ccccc21)[CH]1C=C(N2CCCC2)c2ccccc21. The van der Waals surface area contributed by atoms with Crippen molar-refractivity contribution in [2.75, 3.05) is 26.2 Å². The summed E-state index contributed by atoms with van der Waals surface area (Å²) in [5.74, 6) is 0.195. The third kappa shape index (κ3) is 5.52. The molecule has 0 aromatic heterocycles. The predicted molar refractivity (Wildman–Crippen MR) is 159 cm³/mol. The van der Waals surface area contributed by atoms with Crippen molar-refractivity contribution >= 4 is 40.5 Å². The van der Waals surface area contributed by atoms with Crippen LogP contribution >= 0.6 is 0 Å². The van der Waals surface area contributed by atoms with E-state index in [1.165, 1.54) is 59.3 Å². The van der Waals surface area contributed by atoms with E-state index in [4.69, 9.17) is 0 Å². The molecule has 2 unspecified atom stereocenters. The molecule has 4 aliphatic rings. The number of amides is 2. The van der Waals surface area contributed by atoms with E-state index in [0.717, 1.165) is 26.2 Å². The van der Waals surface area contributed by atoms with E-state index in [-0.39, 0.29) is 11.8 Å². The van der Waals surface area contributed by atoms with Gasteiger partial charge in [-0.25, -0.2) is 0 Å². The molecular formula is C32H40InN4O2Zr. The molecule has 207 valence electrons. The van der Waals surface area contributed by atoms with Gasteiger partial charge in [0.05, 0.1) is 0 Å². The quantitative estimate of drug-likeness (QED) is 0.383. The second-order valence-corrected chi connectivity index (χ2v) is 41.8. The molecule has 40 heavy (non-hydrogen) atoms. The van der Waals surface area contributed by atoms with Gasteiger partial charge in [0.1, 0.15) is 0 Å². The first-order chi connectivity index (χ1) is 19.6. The van der Waals surface area contributed by atoms with Crippen molar-refractivity contribution in [2.45, 2.75) is 59.6 Å². The number of likely N-dealkylation sites (tertiary alicyclic amines) is 2. The summed E-state index contributed by atoms with van der Waals surface area (Å²) in [5, 5.41) is 0. The molecule has 2 atom stereocenters. The summed E-state index contributed by atoms with van der Waals surface area (Å²) in [7, 11) is 0. The molecule has 2 amide bonds. The van der Waals surface area contributed by atoms with Crippen LogP contribution in [0.4, 0.5) is 0 Å². The number of hydrogen-bond donors (Lipinski definition) is 2. The van der Waals surface area contributed by atoms with Crippen LogP contribution in [-0.2, 0) is 26.6 Å².